The van der Waals surface area contributed by atoms with Crippen molar-refractivity contribution in [2.24, 2.45) is 0 Å². The average Bonchev–Trinajstić information content (AvgIpc) is 3.21. The summed E-state index contributed by atoms with van der Waals surface area (Å²) >= 11 is 5.99. The summed E-state index contributed by atoms with van der Waals surface area (Å²) in [5, 5.41) is 4.57. The molecule has 2 aromatic rings. The highest BCUT2D eigenvalue weighted by atomic mass is 35.5. The van der Waals surface area contributed by atoms with E-state index in [2.05, 4.69) is 10.1 Å². The largest absolute Gasteiger partial charge is 0.337 e. The summed E-state index contributed by atoms with van der Waals surface area (Å²) in [6.45, 7) is 2.48. The molecule has 1 aromatic carbocycles. The number of unbranched alkanes of at least 4 members (excludes halogenated alkanes) is 1. The Bertz CT molecular complexity index is 806. The summed E-state index contributed by atoms with van der Waals surface area (Å²) in [7, 11) is -3.30. The summed E-state index contributed by atoms with van der Waals surface area (Å²) < 4.78 is 31.9. The van der Waals surface area contributed by atoms with Crippen LogP contribution < -0.4 is 0 Å². The van der Waals surface area contributed by atoms with Crippen LogP contribution in [0.3, 0.4) is 0 Å². The zero-order valence-electron chi connectivity index (χ0n) is 13.5. The van der Waals surface area contributed by atoms with Crippen molar-refractivity contribution in [1.29, 1.82) is 0 Å². The molecular weight excluding hydrogens is 350 g/mol. The monoisotopic (exact) mass is 369 g/mol. The van der Waals surface area contributed by atoms with E-state index in [0.29, 0.717) is 36.1 Å². The van der Waals surface area contributed by atoms with Gasteiger partial charge in [0.15, 0.2) is 0 Å². The van der Waals surface area contributed by atoms with Gasteiger partial charge in [0.05, 0.1) is 5.75 Å². The molecule has 0 saturated carbocycles. The van der Waals surface area contributed by atoms with Gasteiger partial charge in [-0.05, 0) is 31.4 Å². The van der Waals surface area contributed by atoms with Crippen LogP contribution in [0.5, 0.6) is 0 Å². The molecule has 0 bridgehead atoms. The molecule has 8 heteroatoms. The predicted molar refractivity (Wildman–Crippen MR) is 92.1 cm³/mol. The Hall–Kier alpha value is -1.44. The second kappa shape index (κ2) is 7.21. The lowest BCUT2D eigenvalue weighted by molar-refractivity contribution is 0.290. The van der Waals surface area contributed by atoms with E-state index >= 15 is 0 Å². The lowest BCUT2D eigenvalue weighted by Crippen LogP contribution is -2.32. The van der Waals surface area contributed by atoms with Gasteiger partial charge < -0.3 is 4.52 Å². The van der Waals surface area contributed by atoms with Gasteiger partial charge in [0.2, 0.25) is 21.7 Å². The van der Waals surface area contributed by atoms with Crippen molar-refractivity contribution >= 4 is 21.6 Å². The second-order valence-electron chi connectivity index (χ2n) is 5.90. The molecule has 1 unspecified atom stereocenters. The number of benzene rings is 1. The third kappa shape index (κ3) is 3.63. The van der Waals surface area contributed by atoms with Crippen molar-refractivity contribution in [3.8, 4) is 11.4 Å². The average molecular weight is 370 g/mol. The highest BCUT2D eigenvalue weighted by Gasteiger charge is 2.38. The molecule has 0 amide bonds. The van der Waals surface area contributed by atoms with Gasteiger partial charge in [-0.15, -0.1) is 0 Å². The topological polar surface area (TPSA) is 76.3 Å². The molecule has 1 fully saturated rings. The lowest BCUT2D eigenvalue weighted by atomic mass is 10.2. The molecule has 1 aliphatic rings. The van der Waals surface area contributed by atoms with Crippen LogP contribution in [0.15, 0.2) is 28.8 Å². The number of hydrogen-bond acceptors (Lipinski definition) is 5. The number of sulfonamides is 1. The van der Waals surface area contributed by atoms with Gasteiger partial charge in [0, 0.05) is 17.1 Å². The normalized spacial score (nSPS) is 19.0. The molecule has 130 valence electrons. The molecule has 6 nitrogen and oxygen atoms in total. The third-order valence-corrected chi connectivity index (χ3v) is 6.32. The fourth-order valence-electron chi connectivity index (χ4n) is 2.88. The van der Waals surface area contributed by atoms with E-state index in [9.17, 15) is 8.42 Å². The van der Waals surface area contributed by atoms with Gasteiger partial charge in [-0.25, -0.2) is 8.42 Å². The van der Waals surface area contributed by atoms with E-state index in [1.807, 2.05) is 19.1 Å². The van der Waals surface area contributed by atoms with Crippen LogP contribution >= 0.6 is 11.6 Å². The maximum Gasteiger partial charge on any atom is 0.245 e. The second-order valence-corrected chi connectivity index (χ2v) is 8.38. The fraction of sp³-hybridized carbons (Fsp3) is 0.500. The van der Waals surface area contributed by atoms with E-state index in [4.69, 9.17) is 16.1 Å². The molecule has 1 aliphatic heterocycles. The van der Waals surface area contributed by atoms with Gasteiger partial charge in [-0.3, -0.25) is 0 Å². The predicted octanol–water partition coefficient (Wildman–Crippen LogP) is 3.66. The van der Waals surface area contributed by atoms with Crippen LogP contribution in [0.25, 0.3) is 11.4 Å². The first-order valence-corrected chi connectivity index (χ1v) is 10.1. The van der Waals surface area contributed by atoms with Gasteiger partial charge in [-0.2, -0.15) is 9.29 Å². The van der Waals surface area contributed by atoms with Crippen LogP contribution in [0.1, 0.15) is 44.5 Å². The minimum Gasteiger partial charge on any atom is -0.337 e. The van der Waals surface area contributed by atoms with E-state index in [1.165, 1.54) is 4.31 Å². The third-order valence-electron chi connectivity index (χ3n) is 4.13. The maximum absolute atomic E-state index is 12.5. The van der Waals surface area contributed by atoms with Crippen molar-refractivity contribution in [1.82, 2.24) is 14.4 Å². The minimum absolute atomic E-state index is 0.162. The van der Waals surface area contributed by atoms with E-state index in [-0.39, 0.29) is 11.8 Å². The molecule has 2 heterocycles. The van der Waals surface area contributed by atoms with Crippen LogP contribution in [0.2, 0.25) is 5.02 Å². The molecular formula is C16H20ClN3O3S. The van der Waals surface area contributed by atoms with Crippen molar-refractivity contribution in [2.45, 2.75) is 38.6 Å². The first-order valence-electron chi connectivity index (χ1n) is 8.10. The van der Waals surface area contributed by atoms with E-state index in [1.54, 1.807) is 12.1 Å². The number of nitrogens with zero attached hydrogens (tertiary/aromatic N) is 3. The molecule has 24 heavy (non-hydrogen) atoms. The standard InChI is InChI=1S/C16H20ClN3O3S/c1-2-3-10-24(21,22)20-9-5-8-14(20)16-18-15(19-23-16)12-6-4-7-13(17)11-12/h4,6-7,11,14H,2-3,5,8-10H2,1H3. The van der Waals surface area contributed by atoms with Crippen LogP contribution in [-0.2, 0) is 10.0 Å². The van der Waals surface area contributed by atoms with Crippen molar-refractivity contribution in [3.05, 3.63) is 35.2 Å². The quantitative estimate of drug-likeness (QED) is 0.776. The summed E-state index contributed by atoms with van der Waals surface area (Å²) in [5.74, 6) is 0.933. The zero-order valence-corrected chi connectivity index (χ0v) is 15.1. The lowest BCUT2D eigenvalue weighted by Gasteiger charge is -2.21. The molecule has 0 aliphatic carbocycles. The molecule has 1 atom stereocenters. The number of hydrogen-bond donors (Lipinski definition) is 0. The smallest absolute Gasteiger partial charge is 0.245 e. The van der Waals surface area contributed by atoms with Crippen molar-refractivity contribution < 1.29 is 12.9 Å². The Morgan fingerprint density at radius 2 is 2.25 bits per heavy atom. The van der Waals surface area contributed by atoms with Crippen LogP contribution in [0.4, 0.5) is 0 Å². The molecule has 0 spiro atoms. The Labute approximate surface area is 146 Å². The van der Waals surface area contributed by atoms with E-state index < -0.39 is 10.0 Å². The fourth-order valence-corrected chi connectivity index (χ4v) is 4.95. The van der Waals surface area contributed by atoms with Crippen molar-refractivity contribution in [2.75, 3.05) is 12.3 Å². The Morgan fingerprint density at radius 1 is 1.42 bits per heavy atom. The van der Waals surface area contributed by atoms with E-state index in [0.717, 1.165) is 18.4 Å². The van der Waals surface area contributed by atoms with Gasteiger partial charge in [0.1, 0.15) is 6.04 Å². The number of halogens is 1. The van der Waals surface area contributed by atoms with Crippen LogP contribution in [0, 0.1) is 0 Å². The Morgan fingerprint density at radius 3 is 3.00 bits per heavy atom. The highest BCUT2D eigenvalue weighted by Crippen LogP contribution is 2.34. The maximum atomic E-state index is 12.5. The Balaban J connectivity index is 1.84. The van der Waals surface area contributed by atoms with Gasteiger partial charge in [0.25, 0.3) is 0 Å². The SMILES string of the molecule is CCCCS(=O)(=O)N1CCCC1c1nc(-c2cccc(Cl)c2)no1. The summed E-state index contributed by atoms with van der Waals surface area (Å²) in [6, 6.07) is 6.80. The summed E-state index contributed by atoms with van der Waals surface area (Å²) in [6.07, 6.45) is 2.99. The van der Waals surface area contributed by atoms with Crippen molar-refractivity contribution in [3.63, 3.8) is 0 Å². The minimum atomic E-state index is -3.30. The first kappa shape index (κ1) is 17.4. The molecule has 0 radical (unpaired) electrons. The van der Waals surface area contributed by atoms with Gasteiger partial charge >= 0.3 is 0 Å². The number of rotatable bonds is 6. The van der Waals surface area contributed by atoms with Crippen LogP contribution in [-0.4, -0.2) is 35.2 Å². The molecule has 1 aromatic heterocycles. The number of aromatic nitrogens is 2. The first-order chi connectivity index (χ1) is 11.5. The molecule has 0 N–H and O–H groups in total. The molecule has 1 saturated heterocycles. The summed E-state index contributed by atoms with van der Waals surface area (Å²) in [5.41, 5.74) is 0.746. The zero-order chi connectivity index (χ0) is 17.2. The molecule has 3 rings (SSSR count). The summed E-state index contributed by atoms with van der Waals surface area (Å²) in [4.78, 5) is 4.41. The van der Waals surface area contributed by atoms with Gasteiger partial charge in [-0.1, -0.05) is 42.2 Å². The Kier molecular flexibility index (Phi) is 5.22. The highest BCUT2D eigenvalue weighted by molar-refractivity contribution is 7.89.